The lowest BCUT2D eigenvalue weighted by Crippen LogP contribution is -1.90. The van der Waals surface area contributed by atoms with E-state index in [2.05, 4.69) is 80.6 Å². The maximum atomic E-state index is 2.28. The van der Waals surface area contributed by atoms with Crippen molar-refractivity contribution >= 4 is 10.8 Å². The molecule has 0 aliphatic carbocycles. The molecule has 0 aliphatic rings. The molecule has 3 aromatic carbocycles. The van der Waals surface area contributed by atoms with Crippen LogP contribution in [0.15, 0.2) is 66.7 Å². The van der Waals surface area contributed by atoms with E-state index in [9.17, 15) is 0 Å². The van der Waals surface area contributed by atoms with Crippen LogP contribution in [0.1, 0.15) is 31.7 Å². The van der Waals surface area contributed by atoms with Gasteiger partial charge in [0.2, 0.25) is 0 Å². The molecule has 0 amide bonds. The lowest BCUT2D eigenvalue weighted by atomic mass is 9.94. The lowest BCUT2D eigenvalue weighted by molar-refractivity contribution is 0.734. The third-order valence-corrected chi connectivity index (χ3v) is 4.19. The predicted molar refractivity (Wildman–Crippen MR) is 88.1 cm³/mol. The average molecular weight is 260 g/mol. The molecule has 0 heterocycles. The molecule has 1 atom stereocenters. The van der Waals surface area contributed by atoms with Gasteiger partial charge in [0.1, 0.15) is 0 Å². The van der Waals surface area contributed by atoms with E-state index >= 15 is 0 Å². The minimum Gasteiger partial charge on any atom is -0.0648 e. The van der Waals surface area contributed by atoms with Gasteiger partial charge in [0.15, 0.2) is 0 Å². The smallest absolute Gasteiger partial charge is 0.0105 e. The van der Waals surface area contributed by atoms with Gasteiger partial charge in [-0.2, -0.15) is 0 Å². The van der Waals surface area contributed by atoms with Crippen LogP contribution in [-0.2, 0) is 0 Å². The van der Waals surface area contributed by atoms with Crippen molar-refractivity contribution in [3.8, 4) is 11.1 Å². The lowest BCUT2D eigenvalue weighted by Gasteiger charge is -2.11. The Bertz CT molecular complexity index is 702. The Hall–Kier alpha value is -2.08. The summed E-state index contributed by atoms with van der Waals surface area (Å²) in [6.07, 6.45) is 1.19. The first-order chi connectivity index (χ1) is 9.79. The predicted octanol–water partition coefficient (Wildman–Crippen LogP) is 6.02. The third kappa shape index (κ3) is 2.34. The van der Waals surface area contributed by atoms with Gasteiger partial charge in [-0.15, -0.1) is 0 Å². The maximum absolute atomic E-state index is 2.28. The maximum Gasteiger partial charge on any atom is -0.0105 e. The Morgan fingerprint density at radius 3 is 2.25 bits per heavy atom. The van der Waals surface area contributed by atoms with Gasteiger partial charge in [-0.25, -0.2) is 0 Å². The molecule has 0 aliphatic heterocycles. The van der Waals surface area contributed by atoms with E-state index in [1.165, 1.54) is 33.9 Å². The first kappa shape index (κ1) is 12.9. The van der Waals surface area contributed by atoms with Gasteiger partial charge in [-0.3, -0.25) is 0 Å². The second kappa shape index (κ2) is 5.50. The van der Waals surface area contributed by atoms with Crippen molar-refractivity contribution in [3.63, 3.8) is 0 Å². The first-order valence-corrected chi connectivity index (χ1v) is 7.37. The second-order valence-corrected chi connectivity index (χ2v) is 5.46. The minimum absolute atomic E-state index is 0.636. The van der Waals surface area contributed by atoms with E-state index in [0.29, 0.717) is 5.92 Å². The van der Waals surface area contributed by atoms with E-state index in [-0.39, 0.29) is 0 Å². The molecule has 100 valence electrons. The summed E-state index contributed by atoms with van der Waals surface area (Å²) in [6.45, 7) is 4.52. The highest BCUT2D eigenvalue weighted by molar-refractivity contribution is 5.96. The van der Waals surface area contributed by atoms with Crippen molar-refractivity contribution < 1.29 is 0 Å². The molecular weight excluding hydrogens is 240 g/mol. The first-order valence-electron chi connectivity index (χ1n) is 7.37. The summed E-state index contributed by atoms with van der Waals surface area (Å²) in [4.78, 5) is 0. The highest BCUT2D eigenvalue weighted by Gasteiger charge is 2.05. The molecule has 0 saturated carbocycles. The van der Waals surface area contributed by atoms with E-state index < -0.39 is 0 Å². The number of fused-ring (bicyclic) bond motifs is 1. The van der Waals surface area contributed by atoms with Crippen LogP contribution in [0, 0.1) is 0 Å². The molecule has 0 bridgehead atoms. The van der Waals surface area contributed by atoms with Crippen LogP contribution in [0.2, 0.25) is 0 Å². The van der Waals surface area contributed by atoms with Gasteiger partial charge in [-0.05, 0) is 39.8 Å². The summed E-state index contributed by atoms with van der Waals surface area (Å²) in [6, 6.07) is 24.1. The topological polar surface area (TPSA) is 0 Å². The normalized spacial score (nSPS) is 12.5. The molecule has 1 unspecified atom stereocenters. The highest BCUT2D eigenvalue weighted by atomic mass is 14.1. The zero-order chi connectivity index (χ0) is 13.9. The van der Waals surface area contributed by atoms with Crippen LogP contribution in [-0.4, -0.2) is 0 Å². The van der Waals surface area contributed by atoms with E-state index in [4.69, 9.17) is 0 Å². The fourth-order valence-electron chi connectivity index (χ4n) is 2.70. The summed E-state index contributed by atoms with van der Waals surface area (Å²) in [5.74, 6) is 0.636. The number of hydrogen-bond donors (Lipinski definition) is 0. The molecule has 0 radical (unpaired) electrons. The molecule has 0 saturated heterocycles. The molecule has 0 fully saturated rings. The van der Waals surface area contributed by atoms with Crippen molar-refractivity contribution in [1.82, 2.24) is 0 Å². The van der Waals surface area contributed by atoms with Crippen LogP contribution in [0.5, 0.6) is 0 Å². The molecular formula is C20H20. The highest BCUT2D eigenvalue weighted by Crippen LogP contribution is 2.30. The van der Waals surface area contributed by atoms with Gasteiger partial charge in [0.25, 0.3) is 0 Å². The van der Waals surface area contributed by atoms with Gasteiger partial charge in [0, 0.05) is 0 Å². The second-order valence-electron chi connectivity index (χ2n) is 5.46. The summed E-state index contributed by atoms with van der Waals surface area (Å²) in [5, 5.41) is 2.63. The summed E-state index contributed by atoms with van der Waals surface area (Å²) >= 11 is 0. The Kier molecular flexibility index (Phi) is 3.56. The Balaban J connectivity index is 2.07. The molecule has 3 aromatic rings. The number of benzene rings is 3. The molecule has 0 nitrogen and oxygen atoms in total. The standard InChI is InChI=1S/C20H20/c1-3-15(2)16-11-13-18(14-12-16)20-10-6-8-17-7-4-5-9-19(17)20/h4-15H,3H2,1-2H3. The van der Waals surface area contributed by atoms with Gasteiger partial charge >= 0.3 is 0 Å². The van der Waals surface area contributed by atoms with E-state index in [1.807, 2.05) is 0 Å². The molecule has 20 heavy (non-hydrogen) atoms. The van der Waals surface area contributed by atoms with Crippen LogP contribution < -0.4 is 0 Å². The van der Waals surface area contributed by atoms with Crippen molar-refractivity contribution in [3.05, 3.63) is 72.3 Å². The summed E-state index contributed by atoms with van der Waals surface area (Å²) in [7, 11) is 0. The van der Waals surface area contributed by atoms with Crippen LogP contribution in [0.25, 0.3) is 21.9 Å². The van der Waals surface area contributed by atoms with E-state index in [1.54, 1.807) is 0 Å². The Labute approximate surface area is 121 Å². The molecule has 0 spiro atoms. The largest absolute Gasteiger partial charge is 0.0648 e. The molecule has 0 N–H and O–H groups in total. The van der Waals surface area contributed by atoms with Gasteiger partial charge < -0.3 is 0 Å². The zero-order valence-corrected chi connectivity index (χ0v) is 12.1. The van der Waals surface area contributed by atoms with Crippen molar-refractivity contribution in [2.45, 2.75) is 26.2 Å². The Morgan fingerprint density at radius 2 is 1.50 bits per heavy atom. The number of hydrogen-bond acceptors (Lipinski definition) is 0. The third-order valence-electron chi connectivity index (χ3n) is 4.19. The fourth-order valence-corrected chi connectivity index (χ4v) is 2.70. The van der Waals surface area contributed by atoms with Gasteiger partial charge in [-0.1, -0.05) is 80.6 Å². The number of rotatable bonds is 3. The van der Waals surface area contributed by atoms with Crippen molar-refractivity contribution in [2.75, 3.05) is 0 Å². The minimum atomic E-state index is 0.636. The van der Waals surface area contributed by atoms with Crippen molar-refractivity contribution in [1.29, 1.82) is 0 Å². The molecule has 0 heteroatoms. The van der Waals surface area contributed by atoms with Gasteiger partial charge in [0.05, 0.1) is 0 Å². The van der Waals surface area contributed by atoms with E-state index in [0.717, 1.165) is 0 Å². The molecule has 3 rings (SSSR count). The SMILES string of the molecule is CCC(C)c1ccc(-c2cccc3ccccc23)cc1. The monoisotopic (exact) mass is 260 g/mol. The molecule has 0 aromatic heterocycles. The van der Waals surface area contributed by atoms with Crippen LogP contribution in [0.4, 0.5) is 0 Å². The summed E-state index contributed by atoms with van der Waals surface area (Å²) < 4.78 is 0. The summed E-state index contributed by atoms with van der Waals surface area (Å²) in [5.41, 5.74) is 4.05. The fraction of sp³-hybridized carbons (Fsp3) is 0.200. The Morgan fingerprint density at radius 1 is 0.800 bits per heavy atom. The van der Waals surface area contributed by atoms with Crippen LogP contribution >= 0.6 is 0 Å². The average Bonchev–Trinajstić information content (AvgIpc) is 2.54. The van der Waals surface area contributed by atoms with Crippen LogP contribution in [0.3, 0.4) is 0 Å². The van der Waals surface area contributed by atoms with Crippen molar-refractivity contribution in [2.24, 2.45) is 0 Å². The zero-order valence-electron chi connectivity index (χ0n) is 12.1. The quantitative estimate of drug-likeness (QED) is 0.540.